The summed E-state index contributed by atoms with van der Waals surface area (Å²) in [5.74, 6) is 1.43. The molecule has 0 radical (unpaired) electrons. The summed E-state index contributed by atoms with van der Waals surface area (Å²) in [7, 11) is 0. The van der Waals surface area contributed by atoms with E-state index in [9.17, 15) is 4.79 Å². The Bertz CT molecular complexity index is 911. The highest BCUT2D eigenvalue weighted by Crippen LogP contribution is 2.34. The largest absolute Gasteiger partial charge is 0.356 e. The Morgan fingerprint density at radius 3 is 3.04 bits per heavy atom. The fourth-order valence-corrected chi connectivity index (χ4v) is 3.75. The van der Waals surface area contributed by atoms with Crippen LogP contribution in [0, 0.1) is 6.92 Å². The van der Waals surface area contributed by atoms with E-state index < -0.39 is 0 Å². The fraction of sp³-hybridized carbons (Fsp3) is 0.421. The molecule has 1 atom stereocenters. The van der Waals surface area contributed by atoms with Crippen LogP contribution in [-0.2, 0) is 17.6 Å². The molecule has 4 rings (SSSR count). The molecule has 1 amide bonds. The second-order valence-electron chi connectivity index (χ2n) is 6.66. The zero-order valence-corrected chi connectivity index (χ0v) is 14.6. The summed E-state index contributed by atoms with van der Waals surface area (Å²) in [6.07, 6.45) is 2.77. The standard InChI is InChI=1S/C19H22N4O2/c1-12-19-15(14-6-3-4-7-16(14)21-19)10-11-23(12)18(24)9-5-8-17-20-13(2)22-25-17/h3-4,6-7,12,21H,5,8-11H2,1-2H3. The van der Waals surface area contributed by atoms with Crippen LogP contribution in [0.4, 0.5) is 0 Å². The van der Waals surface area contributed by atoms with Crippen LogP contribution >= 0.6 is 0 Å². The molecule has 0 saturated carbocycles. The summed E-state index contributed by atoms with van der Waals surface area (Å²) in [6.45, 7) is 4.67. The van der Waals surface area contributed by atoms with Gasteiger partial charge in [-0.1, -0.05) is 23.4 Å². The van der Waals surface area contributed by atoms with Gasteiger partial charge in [0, 0.05) is 36.0 Å². The number of carbonyl (C=O) groups is 1. The van der Waals surface area contributed by atoms with Crippen molar-refractivity contribution in [3.63, 3.8) is 0 Å². The summed E-state index contributed by atoms with van der Waals surface area (Å²) < 4.78 is 5.10. The van der Waals surface area contributed by atoms with E-state index in [1.807, 2.05) is 11.0 Å². The predicted octanol–water partition coefficient (Wildman–Crippen LogP) is 3.33. The van der Waals surface area contributed by atoms with Gasteiger partial charge in [0.1, 0.15) is 0 Å². The molecule has 0 saturated heterocycles. The number of benzene rings is 1. The Labute approximate surface area is 146 Å². The van der Waals surface area contributed by atoms with Crippen molar-refractivity contribution in [2.45, 2.75) is 45.6 Å². The number of nitrogens with one attached hydrogen (secondary N) is 1. The van der Waals surface area contributed by atoms with Crippen LogP contribution in [-0.4, -0.2) is 32.5 Å². The first-order valence-corrected chi connectivity index (χ1v) is 8.81. The van der Waals surface area contributed by atoms with Gasteiger partial charge in [-0.15, -0.1) is 0 Å². The van der Waals surface area contributed by atoms with E-state index in [4.69, 9.17) is 4.52 Å². The second kappa shape index (κ2) is 6.35. The van der Waals surface area contributed by atoms with Gasteiger partial charge in [-0.2, -0.15) is 4.98 Å². The highest BCUT2D eigenvalue weighted by Gasteiger charge is 2.29. The number of hydrogen-bond acceptors (Lipinski definition) is 4. The zero-order valence-electron chi connectivity index (χ0n) is 14.6. The molecule has 1 aliphatic heterocycles. The Balaban J connectivity index is 1.43. The molecule has 0 bridgehead atoms. The van der Waals surface area contributed by atoms with Gasteiger partial charge in [-0.3, -0.25) is 4.79 Å². The molecule has 25 heavy (non-hydrogen) atoms. The normalized spacial score (nSPS) is 17.0. The molecule has 130 valence electrons. The minimum Gasteiger partial charge on any atom is -0.356 e. The van der Waals surface area contributed by atoms with Crippen LogP contribution in [0.3, 0.4) is 0 Å². The van der Waals surface area contributed by atoms with Crippen LogP contribution in [0.5, 0.6) is 0 Å². The average Bonchev–Trinajstić information content (AvgIpc) is 3.19. The Morgan fingerprint density at radius 2 is 2.24 bits per heavy atom. The van der Waals surface area contributed by atoms with E-state index in [-0.39, 0.29) is 11.9 Å². The molecule has 1 unspecified atom stereocenters. The monoisotopic (exact) mass is 338 g/mol. The van der Waals surface area contributed by atoms with E-state index in [1.54, 1.807) is 6.92 Å². The van der Waals surface area contributed by atoms with Gasteiger partial charge in [0.15, 0.2) is 5.82 Å². The summed E-state index contributed by atoms with van der Waals surface area (Å²) >= 11 is 0. The molecule has 0 spiro atoms. The van der Waals surface area contributed by atoms with Gasteiger partial charge in [-0.05, 0) is 38.3 Å². The zero-order chi connectivity index (χ0) is 17.4. The highest BCUT2D eigenvalue weighted by molar-refractivity contribution is 5.86. The molecule has 1 aromatic carbocycles. The summed E-state index contributed by atoms with van der Waals surface area (Å²) in [5.41, 5.74) is 3.68. The van der Waals surface area contributed by atoms with Gasteiger partial charge >= 0.3 is 0 Å². The number of amides is 1. The lowest BCUT2D eigenvalue weighted by Gasteiger charge is -2.33. The number of carbonyl (C=O) groups excluding carboxylic acids is 1. The van der Waals surface area contributed by atoms with Gasteiger partial charge in [-0.25, -0.2) is 0 Å². The number of hydrogen-bond donors (Lipinski definition) is 1. The smallest absolute Gasteiger partial charge is 0.226 e. The predicted molar refractivity (Wildman–Crippen MR) is 94.1 cm³/mol. The van der Waals surface area contributed by atoms with Crippen LogP contribution < -0.4 is 0 Å². The molecular formula is C19H22N4O2. The lowest BCUT2D eigenvalue weighted by molar-refractivity contribution is -0.133. The van der Waals surface area contributed by atoms with Crippen molar-refractivity contribution in [1.82, 2.24) is 20.0 Å². The third-order valence-corrected chi connectivity index (χ3v) is 5.01. The fourth-order valence-electron chi connectivity index (χ4n) is 3.75. The lowest BCUT2D eigenvalue weighted by atomic mass is 9.97. The third kappa shape index (κ3) is 2.92. The average molecular weight is 338 g/mol. The number of aryl methyl sites for hydroxylation is 2. The summed E-state index contributed by atoms with van der Waals surface area (Å²) in [5, 5.41) is 5.06. The van der Waals surface area contributed by atoms with Crippen LogP contribution in [0.2, 0.25) is 0 Å². The molecule has 6 nitrogen and oxygen atoms in total. The second-order valence-corrected chi connectivity index (χ2v) is 6.66. The molecule has 3 aromatic rings. The van der Waals surface area contributed by atoms with Crippen LogP contribution in [0.15, 0.2) is 28.8 Å². The van der Waals surface area contributed by atoms with E-state index in [0.717, 1.165) is 24.9 Å². The maximum Gasteiger partial charge on any atom is 0.226 e. The van der Waals surface area contributed by atoms with Crippen molar-refractivity contribution >= 4 is 16.8 Å². The molecule has 0 aliphatic carbocycles. The van der Waals surface area contributed by atoms with E-state index in [2.05, 4.69) is 40.2 Å². The van der Waals surface area contributed by atoms with E-state index in [0.29, 0.717) is 24.6 Å². The Morgan fingerprint density at radius 1 is 1.40 bits per heavy atom. The Hall–Kier alpha value is -2.63. The van der Waals surface area contributed by atoms with Crippen molar-refractivity contribution in [1.29, 1.82) is 0 Å². The van der Waals surface area contributed by atoms with Gasteiger partial charge in [0.2, 0.25) is 11.8 Å². The van der Waals surface area contributed by atoms with Crippen molar-refractivity contribution in [2.75, 3.05) is 6.54 Å². The minimum absolute atomic E-state index is 0.0781. The van der Waals surface area contributed by atoms with E-state index in [1.165, 1.54) is 16.6 Å². The van der Waals surface area contributed by atoms with Crippen molar-refractivity contribution < 1.29 is 9.32 Å². The van der Waals surface area contributed by atoms with E-state index >= 15 is 0 Å². The quantitative estimate of drug-likeness (QED) is 0.792. The molecule has 6 heteroatoms. The topological polar surface area (TPSA) is 75.0 Å². The van der Waals surface area contributed by atoms with Crippen LogP contribution in [0.25, 0.3) is 10.9 Å². The number of rotatable bonds is 4. The number of H-pyrrole nitrogens is 1. The number of nitrogens with zero attached hydrogens (tertiary/aromatic N) is 3. The molecule has 2 aromatic heterocycles. The number of aromatic nitrogens is 3. The Kier molecular flexibility index (Phi) is 4.03. The van der Waals surface area contributed by atoms with Crippen LogP contribution in [0.1, 0.15) is 48.8 Å². The first kappa shape index (κ1) is 15.9. The third-order valence-electron chi connectivity index (χ3n) is 5.01. The molecule has 1 aliphatic rings. The maximum absolute atomic E-state index is 12.7. The maximum atomic E-state index is 12.7. The lowest BCUT2D eigenvalue weighted by Crippen LogP contribution is -2.38. The van der Waals surface area contributed by atoms with Gasteiger partial charge in [0.05, 0.1) is 6.04 Å². The van der Waals surface area contributed by atoms with Gasteiger partial charge in [0.25, 0.3) is 0 Å². The van der Waals surface area contributed by atoms with Crippen molar-refractivity contribution in [3.8, 4) is 0 Å². The molecular weight excluding hydrogens is 316 g/mol. The molecule has 1 N–H and O–H groups in total. The van der Waals surface area contributed by atoms with Crippen molar-refractivity contribution in [3.05, 3.63) is 47.2 Å². The first-order chi connectivity index (χ1) is 12.1. The van der Waals surface area contributed by atoms with Crippen molar-refractivity contribution in [2.24, 2.45) is 0 Å². The summed E-state index contributed by atoms with van der Waals surface area (Å²) in [6, 6.07) is 8.43. The number of para-hydroxylation sites is 1. The van der Waals surface area contributed by atoms with Gasteiger partial charge < -0.3 is 14.4 Å². The molecule has 3 heterocycles. The number of aromatic amines is 1. The number of fused-ring (bicyclic) bond motifs is 3. The first-order valence-electron chi connectivity index (χ1n) is 8.81. The SMILES string of the molecule is Cc1noc(CCCC(=O)N2CCc3c([nH]c4ccccc34)C2C)n1. The minimum atomic E-state index is 0.0781. The molecule has 0 fully saturated rings. The summed E-state index contributed by atoms with van der Waals surface area (Å²) in [4.78, 5) is 22.3. The highest BCUT2D eigenvalue weighted by atomic mass is 16.5.